The van der Waals surface area contributed by atoms with Gasteiger partial charge in [-0.25, -0.2) is 4.98 Å². The predicted molar refractivity (Wildman–Crippen MR) is 98.9 cm³/mol. The molecule has 0 aliphatic heterocycles. The molecule has 1 aromatic carbocycles. The number of halogens is 3. The molecule has 0 saturated heterocycles. The number of alkyl halides is 3. The number of aliphatic imine (C=N–C) groups is 1. The number of para-hydroxylation sites is 1. The van der Waals surface area contributed by atoms with Gasteiger partial charge in [0.05, 0.1) is 12.0 Å². The summed E-state index contributed by atoms with van der Waals surface area (Å²) in [5.41, 5.74) is -2.11. The maximum absolute atomic E-state index is 13.1. The molecule has 3 rings (SSSR count). The van der Waals surface area contributed by atoms with E-state index in [0.717, 1.165) is 10.6 Å². The summed E-state index contributed by atoms with van der Waals surface area (Å²) < 4.78 is 40.3. The van der Waals surface area contributed by atoms with Crippen LogP contribution in [-0.4, -0.2) is 40.8 Å². The monoisotopic (exact) mass is 388 g/mol. The number of rotatable bonds is 3. The second-order valence-electron chi connectivity index (χ2n) is 6.15. The molecule has 0 bridgehead atoms. The molecule has 0 unspecified atom stereocenters. The number of nitrogens with zero attached hydrogens (tertiary/aromatic N) is 4. The molecule has 0 radical (unpaired) electrons. The smallest absolute Gasteiger partial charge is 0.369 e. The molecule has 1 amide bonds. The molecule has 0 atom stereocenters. The van der Waals surface area contributed by atoms with Crippen molar-refractivity contribution in [3.63, 3.8) is 0 Å². The third-order valence-corrected chi connectivity index (χ3v) is 3.79. The molecule has 0 fully saturated rings. The quantitative estimate of drug-likeness (QED) is 0.511. The maximum atomic E-state index is 13.1. The van der Waals surface area contributed by atoms with Gasteiger partial charge in [0.15, 0.2) is 0 Å². The zero-order valence-corrected chi connectivity index (χ0v) is 14.9. The predicted octanol–water partition coefficient (Wildman–Crippen LogP) is 3.13. The molecule has 0 aliphatic rings. The minimum atomic E-state index is -4.67. The Morgan fingerprint density at radius 3 is 2.43 bits per heavy atom. The molecule has 0 N–H and O–H groups in total. The van der Waals surface area contributed by atoms with Crippen molar-refractivity contribution >= 4 is 23.3 Å². The highest BCUT2D eigenvalue weighted by Gasteiger charge is 2.33. The molecule has 2 aromatic heterocycles. The van der Waals surface area contributed by atoms with Gasteiger partial charge in [0.25, 0.3) is 11.5 Å². The van der Waals surface area contributed by atoms with E-state index in [1.54, 1.807) is 44.4 Å². The molecule has 6 nitrogen and oxygen atoms in total. The maximum Gasteiger partial charge on any atom is 0.433 e. The van der Waals surface area contributed by atoms with E-state index in [1.165, 1.54) is 23.4 Å². The lowest BCUT2D eigenvalue weighted by Crippen LogP contribution is -2.26. The van der Waals surface area contributed by atoms with Crippen LogP contribution in [-0.2, 0) is 6.18 Å². The second kappa shape index (κ2) is 7.26. The van der Waals surface area contributed by atoms with Gasteiger partial charge in [-0.05, 0) is 30.3 Å². The highest BCUT2D eigenvalue weighted by atomic mass is 19.4. The van der Waals surface area contributed by atoms with Crippen molar-refractivity contribution in [2.24, 2.45) is 4.99 Å². The van der Waals surface area contributed by atoms with Crippen molar-refractivity contribution in [3.05, 3.63) is 70.1 Å². The van der Waals surface area contributed by atoms with Gasteiger partial charge in [0.2, 0.25) is 0 Å². The van der Waals surface area contributed by atoms with E-state index >= 15 is 0 Å². The molecule has 144 valence electrons. The number of benzene rings is 1. The minimum Gasteiger partial charge on any atom is -0.369 e. The standard InChI is InChI=1S/C19H15F3N4O2/c1-25(2)11-23-17(27)14-10-12-8-9-15(19(20,21)22)24-16(12)26(18(14)28)13-6-4-3-5-7-13/h3-11H,1-2H3. The van der Waals surface area contributed by atoms with Crippen molar-refractivity contribution in [3.8, 4) is 5.69 Å². The zero-order chi connectivity index (χ0) is 20.5. The molecular formula is C19H15F3N4O2. The lowest BCUT2D eigenvalue weighted by atomic mass is 10.1. The van der Waals surface area contributed by atoms with E-state index in [1.807, 2.05) is 0 Å². The Morgan fingerprint density at radius 1 is 1.14 bits per heavy atom. The Morgan fingerprint density at radius 2 is 1.82 bits per heavy atom. The van der Waals surface area contributed by atoms with E-state index < -0.39 is 23.3 Å². The topological polar surface area (TPSA) is 67.6 Å². The van der Waals surface area contributed by atoms with Gasteiger partial charge in [0.1, 0.15) is 16.9 Å². The summed E-state index contributed by atoms with van der Waals surface area (Å²) in [5.74, 6) is -0.801. The van der Waals surface area contributed by atoms with Crippen LogP contribution in [0.15, 0.2) is 58.3 Å². The Bertz CT molecular complexity index is 1120. The first-order valence-electron chi connectivity index (χ1n) is 8.13. The van der Waals surface area contributed by atoms with Crippen LogP contribution in [0.25, 0.3) is 16.7 Å². The van der Waals surface area contributed by atoms with E-state index in [0.29, 0.717) is 0 Å². The van der Waals surface area contributed by atoms with Crippen LogP contribution in [0.1, 0.15) is 16.1 Å². The van der Waals surface area contributed by atoms with Gasteiger partial charge in [-0.1, -0.05) is 18.2 Å². The van der Waals surface area contributed by atoms with Crippen molar-refractivity contribution in [2.75, 3.05) is 14.1 Å². The highest BCUT2D eigenvalue weighted by molar-refractivity contribution is 6.00. The molecule has 9 heteroatoms. The lowest BCUT2D eigenvalue weighted by molar-refractivity contribution is -0.141. The number of hydrogen-bond donors (Lipinski definition) is 0. The fraction of sp³-hybridized carbons (Fsp3) is 0.158. The van der Waals surface area contributed by atoms with Gasteiger partial charge in [-0.15, -0.1) is 0 Å². The van der Waals surface area contributed by atoms with Crippen LogP contribution in [0.5, 0.6) is 0 Å². The van der Waals surface area contributed by atoms with Gasteiger partial charge < -0.3 is 4.90 Å². The Hall–Kier alpha value is -3.49. The molecule has 28 heavy (non-hydrogen) atoms. The summed E-state index contributed by atoms with van der Waals surface area (Å²) in [6.45, 7) is 0. The first-order valence-corrected chi connectivity index (χ1v) is 8.13. The Balaban J connectivity index is 2.34. The van der Waals surface area contributed by atoms with Crippen molar-refractivity contribution < 1.29 is 18.0 Å². The van der Waals surface area contributed by atoms with Crippen LogP contribution in [0.2, 0.25) is 0 Å². The van der Waals surface area contributed by atoms with Gasteiger partial charge in [-0.3, -0.25) is 14.2 Å². The zero-order valence-electron chi connectivity index (χ0n) is 14.9. The lowest BCUT2D eigenvalue weighted by Gasteiger charge is -2.13. The van der Waals surface area contributed by atoms with E-state index in [2.05, 4.69) is 9.98 Å². The van der Waals surface area contributed by atoms with Crippen molar-refractivity contribution in [1.29, 1.82) is 0 Å². The van der Waals surface area contributed by atoms with Crippen LogP contribution < -0.4 is 5.56 Å². The molecule has 2 heterocycles. The molecule has 0 saturated carbocycles. The van der Waals surface area contributed by atoms with Crippen molar-refractivity contribution in [2.45, 2.75) is 6.18 Å². The molecule has 0 spiro atoms. The summed E-state index contributed by atoms with van der Waals surface area (Å²) in [4.78, 5) is 34.2. The summed E-state index contributed by atoms with van der Waals surface area (Å²) >= 11 is 0. The van der Waals surface area contributed by atoms with Gasteiger partial charge in [0, 0.05) is 19.5 Å². The molecule has 0 aliphatic carbocycles. The average Bonchev–Trinajstić information content (AvgIpc) is 2.65. The summed E-state index contributed by atoms with van der Waals surface area (Å²) in [6.07, 6.45) is -3.43. The number of pyridine rings is 2. The Labute approximate surface area is 157 Å². The first-order chi connectivity index (χ1) is 13.2. The normalized spacial score (nSPS) is 11.9. The second-order valence-corrected chi connectivity index (χ2v) is 6.15. The largest absolute Gasteiger partial charge is 0.433 e. The van der Waals surface area contributed by atoms with Crippen LogP contribution in [0.3, 0.4) is 0 Å². The number of carbonyl (C=O) groups excluding carboxylic acids is 1. The van der Waals surface area contributed by atoms with Crippen LogP contribution in [0, 0.1) is 0 Å². The Kier molecular flexibility index (Phi) is 5.00. The molecule has 3 aromatic rings. The number of hydrogen-bond acceptors (Lipinski definition) is 3. The SMILES string of the molecule is CN(C)C=NC(=O)c1cc2ccc(C(F)(F)F)nc2n(-c2ccccc2)c1=O. The third kappa shape index (κ3) is 3.78. The van der Waals surface area contributed by atoms with Gasteiger partial charge in [-0.2, -0.15) is 18.2 Å². The van der Waals surface area contributed by atoms with E-state index in [4.69, 9.17) is 0 Å². The van der Waals surface area contributed by atoms with Crippen LogP contribution in [0.4, 0.5) is 13.2 Å². The van der Waals surface area contributed by atoms with Crippen LogP contribution >= 0.6 is 0 Å². The average molecular weight is 388 g/mol. The fourth-order valence-corrected chi connectivity index (χ4v) is 2.55. The van der Waals surface area contributed by atoms with Gasteiger partial charge >= 0.3 is 6.18 Å². The first kappa shape index (κ1) is 19.3. The van der Waals surface area contributed by atoms with E-state index in [-0.39, 0.29) is 22.3 Å². The number of amides is 1. The van der Waals surface area contributed by atoms with E-state index in [9.17, 15) is 22.8 Å². The molecular weight excluding hydrogens is 373 g/mol. The number of carbonyl (C=O) groups is 1. The fourth-order valence-electron chi connectivity index (χ4n) is 2.55. The summed E-state index contributed by atoms with van der Waals surface area (Å²) in [7, 11) is 3.31. The summed E-state index contributed by atoms with van der Waals surface area (Å²) in [5, 5.41) is 0.208. The number of fused-ring (bicyclic) bond motifs is 1. The van der Waals surface area contributed by atoms with Crippen molar-refractivity contribution in [1.82, 2.24) is 14.5 Å². The highest BCUT2D eigenvalue weighted by Crippen LogP contribution is 2.29. The summed E-state index contributed by atoms with van der Waals surface area (Å²) in [6, 6.07) is 11.2. The number of aromatic nitrogens is 2. The minimum absolute atomic E-state index is 0.195. The third-order valence-electron chi connectivity index (χ3n) is 3.79.